The first-order chi connectivity index (χ1) is 31.0. The normalized spacial score (nSPS) is 15.8. The van der Waals surface area contributed by atoms with Gasteiger partial charge in [0.1, 0.15) is 17.8 Å². The highest BCUT2D eigenvalue weighted by molar-refractivity contribution is 6.27. The van der Waals surface area contributed by atoms with E-state index in [4.69, 9.17) is 9.41 Å². The third-order valence-electron chi connectivity index (χ3n) is 13.7. The van der Waals surface area contributed by atoms with Crippen LogP contribution in [0.4, 0.5) is 0 Å². The Bertz CT molecular complexity index is 3880. The van der Waals surface area contributed by atoms with Crippen molar-refractivity contribution in [3.8, 4) is 16.8 Å². The zero-order valence-corrected chi connectivity index (χ0v) is 34.9. The largest absolute Gasteiger partial charge is 0.455 e. The number of hydrogen-bond acceptors (Lipinski definition) is 3. The van der Waals surface area contributed by atoms with Crippen LogP contribution in [0, 0.1) is 0 Å². The fourth-order valence-corrected chi connectivity index (χ4v) is 10.9. The summed E-state index contributed by atoms with van der Waals surface area (Å²) in [6.07, 6.45) is 8.28. The number of para-hydroxylation sites is 4. The van der Waals surface area contributed by atoms with Crippen LogP contribution in [0.5, 0.6) is 0 Å². The van der Waals surface area contributed by atoms with Gasteiger partial charge in [-0.05, 0) is 76.8 Å². The van der Waals surface area contributed by atoms with Crippen molar-refractivity contribution in [2.24, 2.45) is 9.98 Å². The topological polar surface area (TPSA) is 47.7 Å². The Balaban J connectivity index is 1.10. The van der Waals surface area contributed by atoms with Crippen LogP contribution in [0.3, 0.4) is 0 Å². The molecule has 0 bridgehead atoms. The number of aliphatic imine (C=N–C) groups is 2. The van der Waals surface area contributed by atoms with Crippen LogP contribution in [-0.4, -0.2) is 21.6 Å². The first-order valence-electron chi connectivity index (χ1n) is 21.6. The monoisotopic (exact) mass is 808 g/mol. The number of nitrogens with zero attached hydrogens (tertiary/aromatic N) is 4. The quantitative estimate of drug-likeness (QED) is 0.160. The number of allylic oxidation sites excluding steroid dienone is 5. The maximum absolute atomic E-state index is 6.50. The Labute approximate surface area is 363 Å². The molecule has 0 fully saturated rings. The van der Waals surface area contributed by atoms with Crippen molar-refractivity contribution in [1.29, 1.82) is 0 Å². The lowest BCUT2D eigenvalue weighted by Gasteiger charge is -2.21. The van der Waals surface area contributed by atoms with Crippen molar-refractivity contribution < 1.29 is 4.42 Å². The zero-order chi connectivity index (χ0) is 42.0. The first kappa shape index (κ1) is 35.7. The van der Waals surface area contributed by atoms with Crippen molar-refractivity contribution in [1.82, 2.24) is 9.13 Å². The standard InChI is InChI=1S/C58H40N4O/c1-58(2)44-26-11-6-22-41(44)53-45(58)31-32-49-55(53)54-39-21-5-4-19-37(39)50(62-47-28-13-8-17-35(47)36-18-9-14-29-48(36)62)33-51(54)61(49)34-60-46-27-12-7-23-42(46)56(59-3)43-25-16-24-40-38-20-10-15-30-52(38)63-57(40)43/h4-33H,3,34H2,1-2H3/b56-42-,60-46-. The maximum atomic E-state index is 6.50. The Morgan fingerprint density at radius 1 is 0.587 bits per heavy atom. The smallest absolute Gasteiger partial charge is 0.144 e. The van der Waals surface area contributed by atoms with Crippen LogP contribution in [0.25, 0.3) is 98.8 Å². The van der Waals surface area contributed by atoms with Gasteiger partial charge in [0.15, 0.2) is 0 Å². The lowest BCUT2D eigenvalue weighted by Crippen LogP contribution is -2.14. The van der Waals surface area contributed by atoms with E-state index in [1.54, 1.807) is 0 Å². The molecule has 0 atom stereocenters. The van der Waals surface area contributed by atoms with E-state index < -0.39 is 0 Å². The first-order valence-corrected chi connectivity index (χ1v) is 21.6. The highest BCUT2D eigenvalue weighted by Gasteiger charge is 2.37. The van der Waals surface area contributed by atoms with Gasteiger partial charge in [-0.15, -0.1) is 0 Å². The molecule has 5 nitrogen and oxygen atoms in total. The molecule has 0 N–H and O–H groups in total. The minimum Gasteiger partial charge on any atom is -0.455 e. The summed E-state index contributed by atoms with van der Waals surface area (Å²) >= 11 is 0. The summed E-state index contributed by atoms with van der Waals surface area (Å²) in [6.45, 7) is 9.20. The Kier molecular flexibility index (Phi) is 7.50. The van der Waals surface area contributed by atoms with E-state index in [9.17, 15) is 0 Å². The molecule has 5 heteroatoms. The summed E-state index contributed by atoms with van der Waals surface area (Å²) in [5.74, 6) is 0. The van der Waals surface area contributed by atoms with Crippen LogP contribution in [-0.2, 0) is 12.1 Å². The Morgan fingerprint density at radius 3 is 2.05 bits per heavy atom. The van der Waals surface area contributed by atoms with E-state index in [2.05, 4.69) is 192 Å². The van der Waals surface area contributed by atoms with Gasteiger partial charge in [-0.1, -0.05) is 153 Å². The predicted molar refractivity (Wildman–Crippen MR) is 265 cm³/mol. The summed E-state index contributed by atoms with van der Waals surface area (Å²) in [6, 6.07) is 57.0. The average molecular weight is 809 g/mol. The van der Waals surface area contributed by atoms with Gasteiger partial charge in [0.25, 0.3) is 0 Å². The molecular formula is C58H40N4O. The molecule has 11 aromatic rings. The third kappa shape index (κ3) is 4.93. The molecule has 298 valence electrons. The molecule has 8 aromatic carbocycles. The van der Waals surface area contributed by atoms with Crippen molar-refractivity contribution in [2.75, 3.05) is 0 Å². The highest BCUT2D eigenvalue weighted by atomic mass is 16.3. The van der Waals surface area contributed by atoms with Gasteiger partial charge >= 0.3 is 0 Å². The van der Waals surface area contributed by atoms with E-state index in [1.807, 2.05) is 24.3 Å². The van der Waals surface area contributed by atoms with E-state index >= 15 is 0 Å². The molecule has 3 aromatic heterocycles. The molecule has 0 saturated heterocycles. The van der Waals surface area contributed by atoms with Crippen molar-refractivity contribution >= 4 is 94.4 Å². The second kappa shape index (κ2) is 13.2. The number of fused-ring (bicyclic) bond motifs is 15. The van der Waals surface area contributed by atoms with Crippen LogP contribution in [0.15, 0.2) is 202 Å². The number of hydrogen-bond donors (Lipinski definition) is 0. The van der Waals surface area contributed by atoms with E-state index in [-0.39, 0.29) is 5.41 Å². The number of benzene rings is 8. The summed E-state index contributed by atoms with van der Waals surface area (Å²) in [5.41, 5.74) is 16.0. The molecule has 0 aliphatic heterocycles. The molecule has 0 amide bonds. The SMILES string of the molecule is C=N/C(=C1/C=CC=C/C1=N/Cn1c2ccc3c(c2c2c4ccccc4c(-n4c5ccccc5c5ccccc54)cc21)-c1ccccc1C3(C)C)c1cccc2c1oc1ccccc12. The molecule has 0 radical (unpaired) electrons. The molecule has 63 heavy (non-hydrogen) atoms. The summed E-state index contributed by atoms with van der Waals surface area (Å²) in [5, 5.41) is 9.54. The molecule has 3 heterocycles. The van der Waals surface area contributed by atoms with Crippen molar-refractivity contribution in [2.45, 2.75) is 25.9 Å². The Morgan fingerprint density at radius 2 is 1.25 bits per heavy atom. The summed E-state index contributed by atoms with van der Waals surface area (Å²) in [7, 11) is 0. The van der Waals surface area contributed by atoms with Gasteiger partial charge in [-0.25, -0.2) is 0 Å². The van der Waals surface area contributed by atoms with E-state index in [0.29, 0.717) is 6.67 Å². The third-order valence-corrected chi connectivity index (χ3v) is 13.7. The minimum absolute atomic E-state index is 0.150. The lowest BCUT2D eigenvalue weighted by molar-refractivity contribution is 0.660. The highest BCUT2D eigenvalue weighted by Crippen LogP contribution is 2.54. The van der Waals surface area contributed by atoms with Crippen LogP contribution < -0.4 is 0 Å². The molecule has 2 aliphatic carbocycles. The van der Waals surface area contributed by atoms with Gasteiger partial charge in [-0.2, -0.15) is 0 Å². The van der Waals surface area contributed by atoms with Crippen LogP contribution >= 0.6 is 0 Å². The molecule has 0 spiro atoms. The number of furan rings is 1. The fraction of sp³-hybridized carbons (Fsp3) is 0.0690. The van der Waals surface area contributed by atoms with Gasteiger partial charge in [-0.3, -0.25) is 9.98 Å². The maximum Gasteiger partial charge on any atom is 0.144 e. The Hall–Kier alpha value is -8.02. The van der Waals surface area contributed by atoms with Gasteiger partial charge in [0.05, 0.1) is 39.2 Å². The van der Waals surface area contributed by atoms with Gasteiger partial charge in [0.2, 0.25) is 0 Å². The molecule has 0 unspecified atom stereocenters. The molecule has 0 saturated carbocycles. The summed E-state index contributed by atoms with van der Waals surface area (Å²) in [4.78, 5) is 10.2. The molecule has 13 rings (SSSR count). The van der Waals surface area contributed by atoms with Crippen molar-refractivity contribution in [3.63, 3.8) is 0 Å². The molecule has 2 aliphatic rings. The lowest BCUT2D eigenvalue weighted by atomic mass is 9.82. The predicted octanol–water partition coefficient (Wildman–Crippen LogP) is 14.9. The number of rotatable bonds is 5. The van der Waals surface area contributed by atoms with Gasteiger partial charge in [0, 0.05) is 54.3 Å². The van der Waals surface area contributed by atoms with Gasteiger partial charge < -0.3 is 13.6 Å². The minimum atomic E-state index is -0.150. The zero-order valence-electron chi connectivity index (χ0n) is 34.9. The van der Waals surface area contributed by atoms with E-state index in [0.717, 1.165) is 61.2 Å². The van der Waals surface area contributed by atoms with E-state index in [1.165, 1.54) is 65.6 Å². The second-order valence-corrected chi connectivity index (χ2v) is 17.3. The second-order valence-electron chi connectivity index (χ2n) is 17.3. The summed E-state index contributed by atoms with van der Waals surface area (Å²) < 4.78 is 11.4. The average Bonchev–Trinajstić information content (AvgIpc) is 4.04. The fourth-order valence-electron chi connectivity index (χ4n) is 10.9. The van der Waals surface area contributed by atoms with Crippen LogP contribution in [0.1, 0.15) is 30.5 Å². The molecular weight excluding hydrogens is 769 g/mol. The number of aromatic nitrogens is 2. The van der Waals surface area contributed by atoms with Crippen molar-refractivity contribution in [3.05, 3.63) is 204 Å². The van der Waals surface area contributed by atoms with Crippen LogP contribution in [0.2, 0.25) is 0 Å².